The molecule has 4 N–H and O–H groups in total. The lowest BCUT2D eigenvalue weighted by Crippen LogP contribution is -2.24. The van der Waals surface area contributed by atoms with Crippen LogP contribution in [0.2, 0.25) is 0 Å². The normalized spacial score (nSPS) is 15.8. The number of pyridine rings is 2. The highest BCUT2D eigenvalue weighted by atomic mass is 16.5. The first-order chi connectivity index (χ1) is 16.0. The molecular weight excluding hydrogens is 416 g/mol. The molecule has 9 nitrogen and oxygen atoms in total. The summed E-state index contributed by atoms with van der Waals surface area (Å²) < 4.78 is 5.42. The van der Waals surface area contributed by atoms with Gasteiger partial charge in [-0.15, -0.1) is 5.10 Å². The van der Waals surface area contributed by atoms with Crippen molar-refractivity contribution < 1.29 is 4.74 Å². The van der Waals surface area contributed by atoms with Gasteiger partial charge in [0.2, 0.25) is 0 Å². The van der Waals surface area contributed by atoms with E-state index < -0.39 is 0 Å². The number of amidine groups is 1. The van der Waals surface area contributed by atoms with Gasteiger partial charge in [0, 0.05) is 43.8 Å². The van der Waals surface area contributed by atoms with Gasteiger partial charge < -0.3 is 21.1 Å². The van der Waals surface area contributed by atoms with Crippen LogP contribution in [0.25, 0.3) is 16.6 Å². The van der Waals surface area contributed by atoms with Crippen LogP contribution in [0.1, 0.15) is 43.7 Å². The average Bonchev–Trinajstić information content (AvgIpc) is 2.83. The molecule has 0 atom stereocenters. The number of anilines is 2. The zero-order chi connectivity index (χ0) is 23.2. The lowest BCUT2D eigenvalue weighted by molar-refractivity contribution is 0.0871. The van der Waals surface area contributed by atoms with E-state index in [1.807, 2.05) is 37.5 Å². The summed E-state index contributed by atoms with van der Waals surface area (Å²) >= 11 is 0. The zero-order valence-corrected chi connectivity index (χ0v) is 19.2. The minimum Gasteiger partial charge on any atom is -0.393 e. The Bertz CT molecular complexity index is 1170. The van der Waals surface area contributed by atoms with Crippen LogP contribution in [-0.4, -0.2) is 52.3 Å². The first-order valence-electron chi connectivity index (χ1n) is 11.2. The Hall–Kier alpha value is -3.59. The van der Waals surface area contributed by atoms with Crippen LogP contribution in [0.15, 0.2) is 47.9 Å². The lowest BCUT2D eigenvalue weighted by atomic mass is 10.1. The summed E-state index contributed by atoms with van der Waals surface area (Å²) in [7, 11) is 1.84. The van der Waals surface area contributed by atoms with Crippen molar-refractivity contribution in [1.29, 1.82) is 0 Å². The number of nitrogens with zero attached hydrogens (tertiary/aromatic N) is 5. The van der Waals surface area contributed by atoms with Gasteiger partial charge in [-0.2, -0.15) is 5.10 Å². The fourth-order valence-electron chi connectivity index (χ4n) is 3.64. The molecule has 4 heterocycles. The van der Waals surface area contributed by atoms with Crippen molar-refractivity contribution in [2.75, 3.05) is 25.6 Å². The van der Waals surface area contributed by atoms with Gasteiger partial charge in [-0.3, -0.25) is 9.98 Å². The Morgan fingerprint density at radius 3 is 2.73 bits per heavy atom. The van der Waals surface area contributed by atoms with Crippen LogP contribution in [0.3, 0.4) is 0 Å². The van der Waals surface area contributed by atoms with Crippen molar-refractivity contribution >= 4 is 34.1 Å². The molecule has 3 aromatic rings. The number of fused-ring (bicyclic) bond motifs is 1. The molecule has 1 saturated heterocycles. The molecule has 0 aliphatic carbocycles. The topological polar surface area (TPSA) is 123 Å². The van der Waals surface area contributed by atoms with Gasteiger partial charge in [0.05, 0.1) is 23.3 Å². The van der Waals surface area contributed by atoms with Gasteiger partial charge in [0.25, 0.3) is 0 Å². The maximum absolute atomic E-state index is 6.41. The second-order valence-corrected chi connectivity index (χ2v) is 8.32. The number of aliphatic imine (C=N–C) groups is 1. The summed E-state index contributed by atoms with van der Waals surface area (Å²) in [6.07, 6.45) is 7.17. The van der Waals surface area contributed by atoms with Crippen LogP contribution in [0.5, 0.6) is 0 Å². The van der Waals surface area contributed by atoms with E-state index in [1.54, 1.807) is 12.4 Å². The van der Waals surface area contributed by atoms with Gasteiger partial charge in [0.15, 0.2) is 5.82 Å². The van der Waals surface area contributed by atoms with E-state index in [9.17, 15) is 0 Å². The Morgan fingerprint density at radius 1 is 1.15 bits per heavy atom. The molecule has 0 bridgehead atoms. The van der Waals surface area contributed by atoms with Crippen molar-refractivity contribution in [1.82, 2.24) is 25.5 Å². The van der Waals surface area contributed by atoms with Crippen LogP contribution >= 0.6 is 0 Å². The second kappa shape index (κ2) is 10.4. The Morgan fingerprint density at radius 2 is 1.97 bits per heavy atom. The minimum absolute atomic E-state index is 0.170. The van der Waals surface area contributed by atoms with Crippen LogP contribution in [0.4, 0.5) is 11.6 Å². The Labute approximate surface area is 193 Å². The molecule has 0 unspecified atom stereocenters. The quantitative estimate of drug-likeness (QED) is 0.373. The monoisotopic (exact) mass is 446 g/mol. The number of nitrogens with two attached hydrogens (primary N) is 1. The van der Waals surface area contributed by atoms with Gasteiger partial charge >= 0.3 is 0 Å². The summed E-state index contributed by atoms with van der Waals surface area (Å²) in [6.45, 7) is 5.67. The highest BCUT2D eigenvalue weighted by molar-refractivity contribution is 6.22. The number of aromatic nitrogens is 4. The standard InChI is InChI=1S/C24H30N8O/c1-15(2)16-11-23(32-28-13-16)31-22-5-4-20-21(30-22)10-17(12-27-20)19(14-26-3)24(25)29-18-6-8-33-9-7-18/h4-5,10-15,18,26H,6-9H2,1-3H3,(H2,25,29)(H,30,31,32)/b19-14-. The SMILES string of the molecule is CN/C=C(\C(N)=NC1CCOCC1)c1cnc2ccc(Nc3cc(C(C)C)cnn3)nc2c1. The molecular formula is C24H30N8O. The summed E-state index contributed by atoms with van der Waals surface area (Å²) in [4.78, 5) is 14.1. The maximum atomic E-state index is 6.41. The number of nitrogens with one attached hydrogen (secondary N) is 2. The number of rotatable bonds is 7. The summed E-state index contributed by atoms with van der Waals surface area (Å²) in [5.41, 5.74) is 10.7. The predicted molar refractivity (Wildman–Crippen MR) is 131 cm³/mol. The molecule has 3 aromatic heterocycles. The first-order valence-corrected chi connectivity index (χ1v) is 11.2. The minimum atomic E-state index is 0.170. The molecule has 0 amide bonds. The molecule has 1 aliphatic heterocycles. The molecule has 9 heteroatoms. The molecule has 0 spiro atoms. The van der Waals surface area contributed by atoms with E-state index in [4.69, 9.17) is 20.4 Å². The molecule has 1 fully saturated rings. The first kappa shape index (κ1) is 22.6. The molecule has 33 heavy (non-hydrogen) atoms. The van der Waals surface area contributed by atoms with E-state index in [0.717, 1.165) is 40.6 Å². The summed E-state index contributed by atoms with van der Waals surface area (Å²) in [6, 6.07) is 7.93. The predicted octanol–water partition coefficient (Wildman–Crippen LogP) is 3.38. The van der Waals surface area contributed by atoms with Crippen molar-refractivity contribution in [3.8, 4) is 0 Å². The summed E-state index contributed by atoms with van der Waals surface area (Å²) in [5, 5.41) is 14.6. The van der Waals surface area contributed by atoms with Crippen LogP contribution < -0.4 is 16.4 Å². The highest BCUT2D eigenvalue weighted by Crippen LogP contribution is 2.23. The molecule has 0 aromatic carbocycles. The van der Waals surface area contributed by atoms with E-state index >= 15 is 0 Å². The maximum Gasteiger partial charge on any atom is 0.154 e. The van der Waals surface area contributed by atoms with Crippen molar-refractivity contribution in [2.45, 2.75) is 38.6 Å². The number of hydrogen-bond acceptors (Lipinski definition) is 8. The smallest absolute Gasteiger partial charge is 0.154 e. The van der Waals surface area contributed by atoms with Gasteiger partial charge in [-0.1, -0.05) is 13.8 Å². The fraction of sp³-hybridized carbons (Fsp3) is 0.375. The molecule has 0 saturated carbocycles. The van der Waals surface area contributed by atoms with Gasteiger partial charge in [-0.05, 0) is 48.6 Å². The van der Waals surface area contributed by atoms with E-state index in [2.05, 4.69) is 39.7 Å². The third-order valence-electron chi connectivity index (χ3n) is 5.52. The average molecular weight is 447 g/mol. The number of hydrogen-bond donors (Lipinski definition) is 3. The highest BCUT2D eigenvalue weighted by Gasteiger charge is 2.16. The van der Waals surface area contributed by atoms with Crippen LogP contribution in [0, 0.1) is 0 Å². The van der Waals surface area contributed by atoms with Crippen molar-refractivity contribution in [3.63, 3.8) is 0 Å². The Kier molecular flexibility index (Phi) is 7.09. The second-order valence-electron chi connectivity index (χ2n) is 8.32. The molecule has 4 rings (SSSR count). The molecule has 172 valence electrons. The molecule has 0 radical (unpaired) electrons. The Balaban J connectivity index is 1.62. The molecule has 1 aliphatic rings. The number of ether oxygens (including phenoxy) is 1. The van der Waals surface area contributed by atoms with E-state index in [0.29, 0.717) is 36.6 Å². The van der Waals surface area contributed by atoms with E-state index in [-0.39, 0.29) is 6.04 Å². The largest absolute Gasteiger partial charge is 0.393 e. The fourth-order valence-corrected chi connectivity index (χ4v) is 3.64. The van der Waals surface area contributed by atoms with Crippen molar-refractivity contribution in [2.24, 2.45) is 10.7 Å². The lowest BCUT2D eigenvalue weighted by Gasteiger charge is -2.19. The third-order valence-corrected chi connectivity index (χ3v) is 5.52. The summed E-state index contributed by atoms with van der Waals surface area (Å²) in [5.74, 6) is 2.16. The van der Waals surface area contributed by atoms with E-state index in [1.165, 1.54) is 0 Å². The van der Waals surface area contributed by atoms with Gasteiger partial charge in [-0.25, -0.2) is 4.98 Å². The van der Waals surface area contributed by atoms with Gasteiger partial charge in [0.1, 0.15) is 11.7 Å². The van der Waals surface area contributed by atoms with Crippen LogP contribution in [-0.2, 0) is 4.74 Å². The van der Waals surface area contributed by atoms with Crippen molar-refractivity contribution in [3.05, 3.63) is 54.0 Å². The zero-order valence-electron chi connectivity index (χ0n) is 19.2. The third kappa shape index (κ3) is 5.61.